The second-order valence-corrected chi connectivity index (χ2v) is 7.83. The van der Waals surface area contributed by atoms with Crippen LogP contribution in [-0.2, 0) is 17.9 Å². The van der Waals surface area contributed by atoms with Crippen LogP contribution in [0.2, 0.25) is 10.0 Å². The van der Waals surface area contributed by atoms with E-state index in [0.29, 0.717) is 29.3 Å². The van der Waals surface area contributed by atoms with Gasteiger partial charge in [0.15, 0.2) is 0 Å². The summed E-state index contributed by atoms with van der Waals surface area (Å²) >= 11 is 12.6. The summed E-state index contributed by atoms with van der Waals surface area (Å²) in [5.41, 5.74) is 1.94. The highest BCUT2D eigenvalue weighted by Gasteiger charge is 2.16. The summed E-state index contributed by atoms with van der Waals surface area (Å²) in [5, 5.41) is 7.15. The first kappa shape index (κ1) is 19.5. The molecule has 3 aromatic rings. The van der Waals surface area contributed by atoms with Gasteiger partial charge in [0.05, 0.1) is 6.10 Å². The maximum Gasteiger partial charge on any atom is 0.124 e. The third kappa shape index (κ3) is 4.44. The van der Waals surface area contributed by atoms with Crippen LogP contribution < -0.4 is 10.1 Å². The quantitative estimate of drug-likeness (QED) is 0.513. The van der Waals surface area contributed by atoms with Gasteiger partial charge in [-0.05, 0) is 41.8 Å². The number of nitrogens with one attached hydrogen (secondary N) is 1. The molecule has 146 valence electrons. The highest BCUT2D eigenvalue weighted by Crippen LogP contribution is 2.31. The zero-order valence-electron chi connectivity index (χ0n) is 15.6. The van der Waals surface area contributed by atoms with Crippen molar-refractivity contribution in [2.24, 2.45) is 0 Å². The lowest BCUT2D eigenvalue weighted by molar-refractivity contribution is 0.110. The maximum absolute atomic E-state index is 6.30. The minimum atomic E-state index is 0.307. The van der Waals surface area contributed by atoms with Gasteiger partial charge in [0, 0.05) is 40.9 Å². The van der Waals surface area contributed by atoms with Crippen molar-refractivity contribution in [2.45, 2.75) is 32.1 Å². The van der Waals surface area contributed by atoms with Crippen molar-refractivity contribution in [3.63, 3.8) is 0 Å². The molecule has 0 aromatic heterocycles. The molecule has 3 aromatic carbocycles. The summed E-state index contributed by atoms with van der Waals surface area (Å²) in [5.74, 6) is 0.842. The maximum atomic E-state index is 6.30. The highest BCUT2D eigenvalue weighted by atomic mass is 35.5. The van der Waals surface area contributed by atoms with E-state index in [9.17, 15) is 0 Å². The van der Waals surface area contributed by atoms with Gasteiger partial charge in [0.2, 0.25) is 0 Å². The van der Waals surface area contributed by atoms with Gasteiger partial charge in [-0.3, -0.25) is 0 Å². The van der Waals surface area contributed by atoms with Gasteiger partial charge in [-0.25, -0.2) is 0 Å². The van der Waals surface area contributed by atoms with Gasteiger partial charge < -0.3 is 14.8 Å². The summed E-state index contributed by atoms with van der Waals surface area (Å²) in [7, 11) is 0. The Bertz CT molecular complexity index is 934. The fourth-order valence-electron chi connectivity index (χ4n) is 3.62. The molecule has 0 spiro atoms. The Kier molecular flexibility index (Phi) is 6.38. The minimum absolute atomic E-state index is 0.307. The SMILES string of the molecule is Clc1cccc(Cl)c1COc1ccc2ccccc2c1CNC[C@H]1CCCO1. The summed E-state index contributed by atoms with van der Waals surface area (Å²) in [6, 6.07) is 18.0. The van der Waals surface area contributed by atoms with Crippen LogP contribution in [0.1, 0.15) is 24.0 Å². The molecule has 0 unspecified atom stereocenters. The van der Waals surface area contributed by atoms with Crippen LogP contribution in [0.15, 0.2) is 54.6 Å². The van der Waals surface area contributed by atoms with Gasteiger partial charge in [-0.15, -0.1) is 0 Å². The fourth-order valence-corrected chi connectivity index (χ4v) is 4.12. The minimum Gasteiger partial charge on any atom is -0.488 e. The monoisotopic (exact) mass is 415 g/mol. The molecular formula is C23H23Cl2NO2. The lowest BCUT2D eigenvalue weighted by Crippen LogP contribution is -2.26. The van der Waals surface area contributed by atoms with Crippen LogP contribution >= 0.6 is 23.2 Å². The number of hydrogen-bond acceptors (Lipinski definition) is 3. The summed E-state index contributed by atoms with van der Waals surface area (Å²) in [4.78, 5) is 0. The Labute approximate surface area is 175 Å². The fraction of sp³-hybridized carbons (Fsp3) is 0.304. The lowest BCUT2D eigenvalue weighted by atomic mass is 10.0. The molecule has 1 fully saturated rings. The first-order valence-corrected chi connectivity index (χ1v) is 10.4. The first-order chi connectivity index (χ1) is 13.7. The number of rotatable bonds is 7. The molecule has 4 rings (SSSR count). The van der Waals surface area contributed by atoms with E-state index in [4.69, 9.17) is 32.7 Å². The third-order valence-electron chi connectivity index (χ3n) is 5.13. The van der Waals surface area contributed by atoms with Crippen molar-refractivity contribution in [3.05, 3.63) is 75.8 Å². The molecule has 0 aliphatic carbocycles. The van der Waals surface area contributed by atoms with E-state index in [1.165, 1.54) is 10.8 Å². The van der Waals surface area contributed by atoms with Crippen molar-refractivity contribution < 1.29 is 9.47 Å². The van der Waals surface area contributed by atoms with Gasteiger partial charge in [-0.2, -0.15) is 0 Å². The van der Waals surface area contributed by atoms with Crippen LogP contribution in [0.5, 0.6) is 5.75 Å². The molecule has 0 radical (unpaired) electrons. The molecule has 3 nitrogen and oxygen atoms in total. The number of benzene rings is 3. The average molecular weight is 416 g/mol. The van der Waals surface area contributed by atoms with E-state index >= 15 is 0 Å². The van der Waals surface area contributed by atoms with Crippen LogP contribution in [0.4, 0.5) is 0 Å². The molecule has 1 aliphatic heterocycles. The predicted molar refractivity (Wildman–Crippen MR) is 115 cm³/mol. The zero-order chi connectivity index (χ0) is 19.3. The smallest absolute Gasteiger partial charge is 0.124 e. The normalized spacial score (nSPS) is 16.6. The zero-order valence-corrected chi connectivity index (χ0v) is 17.1. The molecule has 1 atom stereocenters. The molecular weight excluding hydrogens is 393 g/mol. The standard InChI is InChI=1S/C23H23Cl2NO2/c24-21-8-3-9-22(25)20(21)15-28-23-11-10-16-5-1-2-7-18(16)19(23)14-26-13-17-6-4-12-27-17/h1-3,5,7-11,17,26H,4,6,12-15H2/t17-/m1/s1. The molecule has 0 amide bonds. The molecule has 0 saturated carbocycles. The van der Waals surface area contributed by atoms with E-state index in [1.807, 2.05) is 24.3 Å². The Morgan fingerprint density at radius 1 is 0.964 bits per heavy atom. The van der Waals surface area contributed by atoms with Crippen molar-refractivity contribution >= 4 is 34.0 Å². The Morgan fingerprint density at radius 2 is 1.79 bits per heavy atom. The average Bonchev–Trinajstić information content (AvgIpc) is 3.22. The van der Waals surface area contributed by atoms with Crippen molar-refractivity contribution in [2.75, 3.05) is 13.2 Å². The van der Waals surface area contributed by atoms with Crippen LogP contribution in [0, 0.1) is 0 Å². The van der Waals surface area contributed by atoms with Crippen LogP contribution in [0.25, 0.3) is 10.8 Å². The van der Waals surface area contributed by atoms with E-state index in [-0.39, 0.29) is 0 Å². The van der Waals surface area contributed by atoms with Crippen molar-refractivity contribution in [1.29, 1.82) is 0 Å². The van der Waals surface area contributed by atoms with Crippen LogP contribution in [0.3, 0.4) is 0 Å². The summed E-state index contributed by atoms with van der Waals surface area (Å²) in [6.45, 7) is 2.76. The van der Waals surface area contributed by atoms with E-state index in [2.05, 4.69) is 35.6 Å². The number of halogens is 2. The molecule has 1 saturated heterocycles. The Balaban J connectivity index is 1.56. The molecule has 0 bridgehead atoms. The number of ether oxygens (including phenoxy) is 2. The molecule has 1 N–H and O–H groups in total. The third-order valence-corrected chi connectivity index (χ3v) is 5.84. The van der Waals surface area contributed by atoms with Gasteiger partial charge in [-0.1, -0.05) is 59.6 Å². The summed E-state index contributed by atoms with van der Waals surface area (Å²) < 4.78 is 11.9. The summed E-state index contributed by atoms with van der Waals surface area (Å²) in [6.07, 6.45) is 2.58. The van der Waals surface area contributed by atoms with E-state index < -0.39 is 0 Å². The molecule has 1 heterocycles. The Morgan fingerprint density at radius 3 is 2.57 bits per heavy atom. The van der Waals surface area contributed by atoms with Gasteiger partial charge in [0.1, 0.15) is 12.4 Å². The van der Waals surface area contributed by atoms with Crippen molar-refractivity contribution in [3.8, 4) is 5.75 Å². The molecule has 5 heteroatoms. The molecule has 1 aliphatic rings. The topological polar surface area (TPSA) is 30.5 Å². The Hall–Kier alpha value is -1.78. The van der Waals surface area contributed by atoms with E-state index in [0.717, 1.165) is 42.9 Å². The molecule has 28 heavy (non-hydrogen) atoms. The second kappa shape index (κ2) is 9.15. The lowest BCUT2D eigenvalue weighted by Gasteiger charge is -2.17. The van der Waals surface area contributed by atoms with Gasteiger partial charge >= 0.3 is 0 Å². The first-order valence-electron chi connectivity index (χ1n) is 9.61. The number of fused-ring (bicyclic) bond motifs is 1. The second-order valence-electron chi connectivity index (χ2n) is 7.02. The highest BCUT2D eigenvalue weighted by molar-refractivity contribution is 6.35. The number of hydrogen-bond donors (Lipinski definition) is 1. The van der Waals surface area contributed by atoms with Crippen molar-refractivity contribution in [1.82, 2.24) is 5.32 Å². The van der Waals surface area contributed by atoms with E-state index in [1.54, 1.807) is 0 Å². The van der Waals surface area contributed by atoms with Gasteiger partial charge in [0.25, 0.3) is 0 Å². The largest absolute Gasteiger partial charge is 0.488 e. The van der Waals surface area contributed by atoms with Crippen LogP contribution in [-0.4, -0.2) is 19.3 Å². The predicted octanol–water partition coefficient (Wildman–Crippen LogP) is 5.99.